The number of benzene rings is 3. The van der Waals surface area contributed by atoms with Gasteiger partial charge in [-0.3, -0.25) is 0 Å². The van der Waals surface area contributed by atoms with E-state index in [-0.39, 0.29) is 0 Å². The Labute approximate surface area is 227 Å². The molecule has 0 amide bonds. The van der Waals surface area contributed by atoms with Crippen molar-refractivity contribution < 1.29 is 0 Å². The Morgan fingerprint density at radius 2 is 1.00 bits per heavy atom. The predicted octanol–water partition coefficient (Wildman–Crippen LogP) is 8.18. The standard InChI is InChI=1S/C36H45Si/c1-9-28(8)35-20-13-21-36(35)37(32-17-10-14-29(22-32)25(2)3,33-18-11-15-30(23-33)26(4)5)34-19-12-16-31(24-34)27(6)7/h10-28H,9H2,1-8H3. The first kappa shape index (κ1) is 27.4. The van der Waals surface area contributed by atoms with E-state index in [1.807, 2.05) is 0 Å². The van der Waals surface area contributed by atoms with Crippen molar-refractivity contribution in [1.29, 1.82) is 0 Å². The van der Waals surface area contributed by atoms with Crippen LogP contribution in [0.3, 0.4) is 0 Å². The molecule has 1 radical (unpaired) electrons. The van der Waals surface area contributed by atoms with E-state index in [0.717, 1.165) is 6.42 Å². The maximum Gasteiger partial charge on any atom is 0.163 e. The predicted molar refractivity (Wildman–Crippen MR) is 166 cm³/mol. The summed E-state index contributed by atoms with van der Waals surface area (Å²) >= 11 is 0. The summed E-state index contributed by atoms with van der Waals surface area (Å²) in [7, 11) is -2.60. The van der Waals surface area contributed by atoms with E-state index >= 15 is 0 Å². The molecule has 1 atom stereocenters. The topological polar surface area (TPSA) is 0 Å². The zero-order chi connectivity index (χ0) is 26.7. The molecular weight excluding hydrogens is 460 g/mol. The van der Waals surface area contributed by atoms with Gasteiger partial charge in [-0.1, -0.05) is 152 Å². The van der Waals surface area contributed by atoms with Crippen LogP contribution in [0.5, 0.6) is 0 Å². The van der Waals surface area contributed by atoms with Gasteiger partial charge in [0, 0.05) is 5.54 Å². The molecule has 193 valence electrons. The molecule has 37 heavy (non-hydrogen) atoms. The molecule has 0 aromatic heterocycles. The molecule has 0 saturated carbocycles. The average Bonchev–Trinajstić information content (AvgIpc) is 3.39. The van der Waals surface area contributed by atoms with Crippen LogP contribution in [-0.2, 0) is 0 Å². The van der Waals surface area contributed by atoms with Crippen molar-refractivity contribution in [3.05, 3.63) is 119 Å². The Morgan fingerprint density at radius 3 is 1.35 bits per heavy atom. The minimum Gasteiger partial charge on any atom is -0.0750 e. The van der Waals surface area contributed by atoms with Crippen LogP contribution in [0, 0.1) is 11.5 Å². The van der Waals surface area contributed by atoms with Gasteiger partial charge in [-0.05, 0) is 62.3 Å². The molecule has 0 saturated heterocycles. The lowest BCUT2D eigenvalue weighted by Gasteiger charge is -2.41. The molecule has 0 aliphatic heterocycles. The lowest BCUT2D eigenvalue weighted by Crippen LogP contribution is -2.71. The first-order valence-electron chi connectivity index (χ1n) is 14.3. The fourth-order valence-corrected chi connectivity index (χ4v) is 11.0. The lowest BCUT2D eigenvalue weighted by molar-refractivity contribution is 0.661. The van der Waals surface area contributed by atoms with Gasteiger partial charge in [-0.25, -0.2) is 0 Å². The van der Waals surface area contributed by atoms with Gasteiger partial charge in [0.15, 0.2) is 8.07 Å². The molecule has 1 aliphatic rings. The third kappa shape index (κ3) is 5.21. The maximum atomic E-state index is 2.54. The molecular formula is C36H45Si. The second kappa shape index (κ2) is 11.4. The Balaban J connectivity index is 2.15. The molecule has 0 spiro atoms. The van der Waals surface area contributed by atoms with Gasteiger partial charge in [-0.15, -0.1) is 0 Å². The van der Waals surface area contributed by atoms with Crippen LogP contribution in [-0.4, -0.2) is 8.07 Å². The zero-order valence-corrected chi connectivity index (χ0v) is 25.2. The van der Waals surface area contributed by atoms with Crippen molar-refractivity contribution in [1.82, 2.24) is 0 Å². The van der Waals surface area contributed by atoms with E-state index < -0.39 is 8.07 Å². The molecule has 0 fully saturated rings. The Bertz CT molecular complexity index is 1150. The molecule has 0 heterocycles. The van der Waals surface area contributed by atoms with Crippen LogP contribution in [0.2, 0.25) is 0 Å². The van der Waals surface area contributed by atoms with Gasteiger partial charge in [0.1, 0.15) is 0 Å². The quantitative estimate of drug-likeness (QED) is 0.203. The van der Waals surface area contributed by atoms with Gasteiger partial charge < -0.3 is 0 Å². The van der Waals surface area contributed by atoms with Gasteiger partial charge in [0.05, 0.1) is 0 Å². The minimum absolute atomic E-state index is 0.490. The van der Waals surface area contributed by atoms with E-state index in [4.69, 9.17) is 0 Å². The van der Waals surface area contributed by atoms with Crippen LogP contribution in [0.15, 0.2) is 96.6 Å². The van der Waals surface area contributed by atoms with E-state index in [9.17, 15) is 0 Å². The Morgan fingerprint density at radius 1 is 0.595 bits per heavy atom. The van der Waals surface area contributed by atoms with E-state index in [1.165, 1.54) is 37.8 Å². The largest absolute Gasteiger partial charge is 0.163 e. The van der Waals surface area contributed by atoms with Gasteiger partial charge in [-0.2, -0.15) is 0 Å². The third-order valence-electron chi connectivity index (χ3n) is 8.36. The van der Waals surface area contributed by atoms with Crippen LogP contribution >= 0.6 is 0 Å². The normalized spacial score (nSPS) is 15.2. The smallest absolute Gasteiger partial charge is 0.0750 e. The second-order valence-electron chi connectivity index (χ2n) is 11.8. The van der Waals surface area contributed by atoms with Crippen LogP contribution in [0.1, 0.15) is 96.3 Å². The SMILES string of the molecule is CCC(C)C1=CC=C[C]1[Si](c1cccc(C(C)C)c1)(c1cccc(C(C)C)c1)c1cccc(C(C)C)c1. The molecule has 3 aromatic rings. The molecule has 0 nitrogen and oxygen atoms in total. The van der Waals surface area contributed by atoms with E-state index in [0.29, 0.717) is 23.7 Å². The number of hydrogen-bond acceptors (Lipinski definition) is 0. The molecule has 1 aliphatic carbocycles. The fourth-order valence-electron chi connectivity index (χ4n) is 5.78. The first-order valence-corrected chi connectivity index (χ1v) is 16.3. The molecule has 3 aromatic carbocycles. The summed E-state index contributed by atoms with van der Waals surface area (Å²) in [6.45, 7) is 18.6. The molecule has 1 unspecified atom stereocenters. The van der Waals surface area contributed by atoms with Gasteiger partial charge >= 0.3 is 0 Å². The van der Waals surface area contributed by atoms with Crippen LogP contribution < -0.4 is 15.6 Å². The monoisotopic (exact) mass is 505 g/mol. The highest BCUT2D eigenvalue weighted by atomic mass is 28.3. The Kier molecular flexibility index (Phi) is 8.44. The molecule has 0 bridgehead atoms. The Hall–Kier alpha value is -2.64. The minimum atomic E-state index is -2.60. The molecule has 0 N–H and O–H groups in total. The van der Waals surface area contributed by atoms with Crippen LogP contribution in [0.4, 0.5) is 0 Å². The summed E-state index contributed by atoms with van der Waals surface area (Å²) in [6.07, 6.45) is 8.31. The van der Waals surface area contributed by atoms with Crippen LogP contribution in [0.25, 0.3) is 0 Å². The summed E-state index contributed by atoms with van der Waals surface area (Å²) in [5, 5.41) is 4.49. The number of hydrogen-bond donors (Lipinski definition) is 0. The molecule has 4 rings (SSSR count). The number of rotatable bonds is 9. The van der Waals surface area contributed by atoms with Crippen molar-refractivity contribution in [3.63, 3.8) is 0 Å². The second-order valence-corrected chi connectivity index (χ2v) is 15.6. The van der Waals surface area contributed by atoms with Gasteiger partial charge in [0.25, 0.3) is 0 Å². The van der Waals surface area contributed by atoms with Gasteiger partial charge in [0.2, 0.25) is 0 Å². The van der Waals surface area contributed by atoms with Crippen molar-refractivity contribution in [2.75, 3.05) is 0 Å². The highest BCUT2D eigenvalue weighted by Crippen LogP contribution is 2.38. The third-order valence-corrected chi connectivity index (χ3v) is 13.2. The highest BCUT2D eigenvalue weighted by Gasteiger charge is 2.49. The van der Waals surface area contributed by atoms with Crippen molar-refractivity contribution in [3.8, 4) is 0 Å². The maximum absolute atomic E-state index is 2.60. The summed E-state index contributed by atoms with van der Waals surface area (Å²) in [4.78, 5) is 0. The average molecular weight is 506 g/mol. The first-order chi connectivity index (χ1) is 17.7. The van der Waals surface area contributed by atoms with E-state index in [2.05, 4.69) is 146 Å². The van der Waals surface area contributed by atoms with Crippen molar-refractivity contribution in [2.24, 2.45) is 5.92 Å². The summed E-state index contributed by atoms with van der Waals surface area (Å²) < 4.78 is 0. The summed E-state index contributed by atoms with van der Waals surface area (Å²) in [5.41, 5.74) is 7.35. The number of allylic oxidation sites excluding steroid dienone is 4. The summed E-state index contributed by atoms with van der Waals surface area (Å²) in [6, 6.07) is 28.7. The van der Waals surface area contributed by atoms with E-state index in [1.54, 1.807) is 5.54 Å². The highest BCUT2D eigenvalue weighted by molar-refractivity contribution is 7.16. The zero-order valence-electron chi connectivity index (χ0n) is 24.2. The van der Waals surface area contributed by atoms with Crippen molar-refractivity contribution >= 4 is 23.6 Å². The summed E-state index contributed by atoms with van der Waals surface area (Å²) in [5.74, 6) is 1.99. The molecule has 1 heteroatoms. The lowest BCUT2D eigenvalue weighted by atomic mass is 9.97. The van der Waals surface area contributed by atoms with Crippen molar-refractivity contribution in [2.45, 2.75) is 79.6 Å². The fraction of sp³-hybridized carbons (Fsp3) is 0.361.